The highest BCUT2D eigenvalue weighted by Gasteiger charge is 2.31. The molecule has 1 aliphatic heterocycles. The Morgan fingerprint density at radius 1 is 1.18 bits per heavy atom. The zero-order chi connectivity index (χ0) is 11.9. The second kappa shape index (κ2) is 3.70. The van der Waals surface area contributed by atoms with Crippen LogP contribution < -0.4 is 0 Å². The van der Waals surface area contributed by atoms with Crippen molar-refractivity contribution in [3.05, 3.63) is 41.6 Å². The van der Waals surface area contributed by atoms with Crippen LogP contribution >= 0.6 is 0 Å². The molecule has 2 heterocycles. The molecule has 3 rings (SSSR count). The van der Waals surface area contributed by atoms with Crippen molar-refractivity contribution in [2.45, 2.75) is 32.5 Å². The summed E-state index contributed by atoms with van der Waals surface area (Å²) in [6, 6.07) is 10.0. The van der Waals surface area contributed by atoms with E-state index in [2.05, 4.69) is 19.0 Å². The van der Waals surface area contributed by atoms with E-state index in [1.807, 2.05) is 30.3 Å². The molecular formula is C14H15NO2. The zero-order valence-electron chi connectivity index (χ0n) is 10.1. The minimum Gasteiger partial charge on any atom is -0.370 e. The normalized spacial score (nSPS) is 17.8. The monoisotopic (exact) mass is 229 g/mol. The van der Waals surface area contributed by atoms with Crippen molar-refractivity contribution in [3.63, 3.8) is 0 Å². The SMILES string of the molecule is CC1(C)Cc2noc(-c3ccccc3)c2CO1. The fourth-order valence-corrected chi connectivity index (χ4v) is 2.17. The van der Waals surface area contributed by atoms with Crippen LogP contribution in [-0.2, 0) is 17.8 Å². The van der Waals surface area contributed by atoms with Gasteiger partial charge in [0.05, 0.1) is 17.9 Å². The lowest BCUT2D eigenvalue weighted by atomic mass is 9.95. The van der Waals surface area contributed by atoms with Gasteiger partial charge in [0.1, 0.15) is 0 Å². The Morgan fingerprint density at radius 3 is 2.71 bits per heavy atom. The van der Waals surface area contributed by atoms with Gasteiger partial charge in [-0.25, -0.2) is 0 Å². The molecule has 0 amide bonds. The first-order valence-corrected chi connectivity index (χ1v) is 5.82. The molecule has 0 N–H and O–H groups in total. The molecule has 1 aromatic heterocycles. The lowest BCUT2D eigenvalue weighted by Gasteiger charge is -2.28. The largest absolute Gasteiger partial charge is 0.370 e. The maximum atomic E-state index is 5.81. The third-order valence-corrected chi connectivity index (χ3v) is 3.11. The Labute approximate surface area is 100 Å². The van der Waals surface area contributed by atoms with Crippen LogP contribution in [0.3, 0.4) is 0 Å². The predicted molar refractivity (Wildman–Crippen MR) is 64.5 cm³/mol. The van der Waals surface area contributed by atoms with Gasteiger partial charge >= 0.3 is 0 Å². The molecule has 3 nitrogen and oxygen atoms in total. The summed E-state index contributed by atoms with van der Waals surface area (Å²) in [4.78, 5) is 0. The van der Waals surface area contributed by atoms with Gasteiger partial charge < -0.3 is 9.26 Å². The molecule has 17 heavy (non-hydrogen) atoms. The molecule has 2 aromatic rings. The molecular weight excluding hydrogens is 214 g/mol. The standard InChI is InChI=1S/C14H15NO2/c1-14(2)8-12-11(9-16-14)13(17-15-12)10-6-4-3-5-7-10/h3-7H,8-9H2,1-2H3. The van der Waals surface area contributed by atoms with Gasteiger partial charge in [-0.15, -0.1) is 0 Å². The van der Waals surface area contributed by atoms with Crippen molar-refractivity contribution in [1.82, 2.24) is 5.16 Å². The first-order chi connectivity index (χ1) is 8.16. The van der Waals surface area contributed by atoms with Crippen molar-refractivity contribution >= 4 is 0 Å². The molecule has 88 valence electrons. The highest BCUT2D eigenvalue weighted by Crippen LogP contribution is 2.34. The van der Waals surface area contributed by atoms with Gasteiger partial charge in [-0.05, 0) is 13.8 Å². The van der Waals surface area contributed by atoms with Crippen LogP contribution in [0.5, 0.6) is 0 Å². The number of hydrogen-bond donors (Lipinski definition) is 0. The van der Waals surface area contributed by atoms with Gasteiger partial charge in [-0.2, -0.15) is 0 Å². The number of fused-ring (bicyclic) bond motifs is 1. The van der Waals surface area contributed by atoms with Crippen LogP contribution in [0.1, 0.15) is 25.1 Å². The summed E-state index contributed by atoms with van der Waals surface area (Å²) in [5.41, 5.74) is 3.04. The van der Waals surface area contributed by atoms with Crippen molar-refractivity contribution in [2.24, 2.45) is 0 Å². The second-order valence-electron chi connectivity index (χ2n) is 5.03. The van der Waals surface area contributed by atoms with E-state index in [9.17, 15) is 0 Å². The van der Waals surface area contributed by atoms with Crippen LogP contribution in [-0.4, -0.2) is 10.8 Å². The highest BCUT2D eigenvalue weighted by molar-refractivity contribution is 5.62. The lowest BCUT2D eigenvalue weighted by molar-refractivity contribution is -0.0405. The summed E-state index contributed by atoms with van der Waals surface area (Å²) in [5, 5.41) is 4.17. The zero-order valence-corrected chi connectivity index (χ0v) is 10.1. The van der Waals surface area contributed by atoms with E-state index in [1.165, 1.54) is 0 Å². The van der Waals surface area contributed by atoms with Crippen LogP contribution in [0.25, 0.3) is 11.3 Å². The smallest absolute Gasteiger partial charge is 0.172 e. The number of aromatic nitrogens is 1. The van der Waals surface area contributed by atoms with Crippen LogP contribution in [0.15, 0.2) is 34.9 Å². The van der Waals surface area contributed by atoms with Crippen molar-refractivity contribution in [3.8, 4) is 11.3 Å². The van der Waals surface area contributed by atoms with Crippen LogP contribution in [0, 0.1) is 0 Å². The molecule has 3 heteroatoms. The number of nitrogens with zero attached hydrogens (tertiary/aromatic N) is 1. The Bertz CT molecular complexity index is 528. The fourth-order valence-electron chi connectivity index (χ4n) is 2.17. The average molecular weight is 229 g/mol. The quantitative estimate of drug-likeness (QED) is 0.753. The van der Waals surface area contributed by atoms with Crippen molar-refractivity contribution < 1.29 is 9.26 Å². The lowest BCUT2D eigenvalue weighted by Crippen LogP contribution is -2.31. The van der Waals surface area contributed by atoms with Gasteiger partial charge in [0.25, 0.3) is 0 Å². The van der Waals surface area contributed by atoms with E-state index in [4.69, 9.17) is 9.26 Å². The van der Waals surface area contributed by atoms with E-state index < -0.39 is 0 Å². The number of hydrogen-bond acceptors (Lipinski definition) is 3. The maximum Gasteiger partial charge on any atom is 0.172 e. The maximum absolute atomic E-state index is 5.81. The highest BCUT2D eigenvalue weighted by atomic mass is 16.5. The number of rotatable bonds is 1. The van der Waals surface area contributed by atoms with Crippen LogP contribution in [0.4, 0.5) is 0 Å². The molecule has 0 bridgehead atoms. The fraction of sp³-hybridized carbons (Fsp3) is 0.357. The topological polar surface area (TPSA) is 35.3 Å². The molecule has 0 atom stereocenters. The van der Waals surface area contributed by atoms with E-state index in [-0.39, 0.29) is 5.60 Å². The molecule has 1 aromatic carbocycles. The summed E-state index contributed by atoms with van der Waals surface area (Å²) in [6.07, 6.45) is 0.804. The number of benzene rings is 1. The summed E-state index contributed by atoms with van der Waals surface area (Å²) in [7, 11) is 0. The first-order valence-electron chi connectivity index (χ1n) is 5.82. The first kappa shape index (κ1) is 10.5. The third kappa shape index (κ3) is 1.87. The molecule has 0 saturated heterocycles. The third-order valence-electron chi connectivity index (χ3n) is 3.11. The van der Waals surface area contributed by atoms with Gasteiger partial charge in [-0.1, -0.05) is 35.5 Å². The molecule has 0 aliphatic carbocycles. The van der Waals surface area contributed by atoms with Gasteiger partial charge in [-0.3, -0.25) is 0 Å². The molecule has 0 spiro atoms. The Morgan fingerprint density at radius 2 is 1.94 bits per heavy atom. The molecule has 1 aliphatic rings. The summed E-state index contributed by atoms with van der Waals surface area (Å²) in [5.74, 6) is 0.844. The van der Waals surface area contributed by atoms with Gasteiger partial charge in [0.15, 0.2) is 5.76 Å². The van der Waals surface area contributed by atoms with Crippen LogP contribution in [0.2, 0.25) is 0 Å². The van der Waals surface area contributed by atoms with E-state index in [0.717, 1.165) is 29.0 Å². The van der Waals surface area contributed by atoms with E-state index >= 15 is 0 Å². The average Bonchev–Trinajstić information content (AvgIpc) is 2.71. The minimum absolute atomic E-state index is 0.141. The molecule has 0 fully saturated rings. The molecule has 0 radical (unpaired) electrons. The van der Waals surface area contributed by atoms with E-state index in [0.29, 0.717) is 6.61 Å². The minimum atomic E-state index is -0.141. The van der Waals surface area contributed by atoms with Crippen molar-refractivity contribution in [1.29, 1.82) is 0 Å². The molecule has 0 saturated carbocycles. The second-order valence-corrected chi connectivity index (χ2v) is 5.03. The summed E-state index contributed by atoms with van der Waals surface area (Å²) in [6.45, 7) is 4.73. The summed E-state index contributed by atoms with van der Waals surface area (Å²) < 4.78 is 11.3. The Hall–Kier alpha value is -1.61. The Balaban J connectivity index is 2.03. The van der Waals surface area contributed by atoms with E-state index in [1.54, 1.807) is 0 Å². The van der Waals surface area contributed by atoms with Gasteiger partial charge in [0.2, 0.25) is 0 Å². The number of ether oxygens (including phenoxy) is 1. The molecule has 0 unspecified atom stereocenters. The van der Waals surface area contributed by atoms with Crippen molar-refractivity contribution in [2.75, 3.05) is 0 Å². The summed E-state index contributed by atoms with van der Waals surface area (Å²) >= 11 is 0. The predicted octanol–water partition coefficient (Wildman–Crippen LogP) is 3.19. The Kier molecular flexibility index (Phi) is 2.30. The van der Waals surface area contributed by atoms with Gasteiger partial charge in [0, 0.05) is 17.5 Å².